The van der Waals surface area contributed by atoms with Gasteiger partial charge in [-0.1, -0.05) is 22.5 Å². The van der Waals surface area contributed by atoms with Crippen molar-refractivity contribution < 1.29 is 14.3 Å². The number of allylic oxidation sites excluding steroid dienone is 1. The molecule has 2 fully saturated rings. The van der Waals surface area contributed by atoms with Crippen LogP contribution in [0.4, 0.5) is 5.69 Å². The van der Waals surface area contributed by atoms with E-state index in [9.17, 15) is 4.79 Å². The number of carbonyl (C=O) groups excluding carboxylic acids is 1. The van der Waals surface area contributed by atoms with Crippen LogP contribution in [0.2, 0.25) is 0 Å². The molecule has 8 nitrogen and oxygen atoms in total. The molecule has 1 amide bonds. The van der Waals surface area contributed by atoms with Gasteiger partial charge in [0, 0.05) is 60.3 Å². The summed E-state index contributed by atoms with van der Waals surface area (Å²) in [6.07, 6.45) is 3.90. The molecule has 4 N–H and O–H groups in total. The Hall–Kier alpha value is -2.20. The van der Waals surface area contributed by atoms with Crippen LogP contribution in [0.25, 0.3) is 0 Å². The van der Waals surface area contributed by atoms with Gasteiger partial charge < -0.3 is 30.7 Å². The van der Waals surface area contributed by atoms with E-state index in [-0.39, 0.29) is 18.1 Å². The number of halogens is 1. The maximum absolute atomic E-state index is 13.3. The van der Waals surface area contributed by atoms with E-state index in [2.05, 4.69) is 38.1 Å². The minimum Gasteiger partial charge on any atom is -0.390 e. The van der Waals surface area contributed by atoms with E-state index in [0.29, 0.717) is 42.7 Å². The molecule has 0 spiro atoms. The van der Waals surface area contributed by atoms with Crippen molar-refractivity contribution in [3.63, 3.8) is 0 Å². The quantitative estimate of drug-likeness (QED) is 0.211. The Morgan fingerprint density at radius 1 is 1.30 bits per heavy atom. The number of hydrogen-bond donors (Lipinski definition) is 3. The van der Waals surface area contributed by atoms with Gasteiger partial charge in [-0.25, -0.2) is 4.99 Å². The van der Waals surface area contributed by atoms with Crippen LogP contribution >= 0.6 is 15.9 Å². The van der Waals surface area contributed by atoms with Crippen LogP contribution < -0.4 is 16.4 Å². The third-order valence-electron chi connectivity index (χ3n) is 6.19. The lowest BCUT2D eigenvalue weighted by atomic mass is 9.99. The monoisotopic (exact) mass is 519 g/mol. The van der Waals surface area contributed by atoms with Gasteiger partial charge in [0.15, 0.2) is 0 Å². The summed E-state index contributed by atoms with van der Waals surface area (Å²) in [7, 11) is 1.73. The van der Waals surface area contributed by atoms with Crippen LogP contribution in [-0.2, 0) is 14.3 Å². The highest BCUT2D eigenvalue weighted by Crippen LogP contribution is 2.23. The minimum atomic E-state index is -0.132. The predicted molar refractivity (Wildman–Crippen MR) is 135 cm³/mol. The first kappa shape index (κ1) is 25.4. The van der Waals surface area contributed by atoms with E-state index < -0.39 is 0 Å². The Bertz CT molecular complexity index is 879. The van der Waals surface area contributed by atoms with Crippen molar-refractivity contribution in [1.29, 1.82) is 0 Å². The molecule has 1 aromatic carbocycles. The number of nitrogens with one attached hydrogen (secondary N) is 2. The number of hydrogen-bond acceptors (Lipinski definition) is 6. The minimum absolute atomic E-state index is 0.0683. The standard InChI is InChI=1S/C24H34BrN5O3/c1-16(17(2)28-19-6-4-18(25)5-7-19)23(27-15-26)24(31)30-11-8-20(9-12-30)29-21-10-13-33-14-22(21)32-3/h4-7,15,20-22,28-29H,2,8-14H2,1,3H3,(H2,26,27)/b23-16-. The molecule has 0 saturated carbocycles. The number of benzene rings is 1. The first-order valence-electron chi connectivity index (χ1n) is 11.3. The third kappa shape index (κ3) is 6.89. The number of anilines is 1. The van der Waals surface area contributed by atoms with Crippen LogP contribution in [0.3, 0.4) is 0 Å². The number of methoxy groups -OCH3 is 1. The summed E-state index contributed by atoms with van der Waals surface area (Å²) in [5.41, 5.74) is 8.02. The molecule has 2 unspecified atom stereocenters. The van der Waals surface area contributed by atoms with Crippen LogP contribution in [0.1, 0.15) is 26.2 Å². The van der Waals surface area contributed by atoms with Crippen molar-refractivity contribution in [1.82, 2.24) is 10.2 Å². The molecule has 1 aromatic rings. The van der Waals surface area contributed by atoms with E-state index in [1.165, 1.54) is 0 Å². The van der Waals surface area contributed by atoms with Crippen molar-refractivity contribution in [3.05, 3.63) is 52.3 Å². The Morgan fingerprint density at radius 3 is 2.64 bits per heavy atom. The summed E-state index contributed by atoms with van der Waals surface area (Å²) in [5.74, 6) is -0.132. The summed E-state index contributed by atoms with van der Waals surface area (Å²) in [6.45, 7) is 8.60. The molecule has 180 valence electrons. The van der Waals surface area contributed by atoms with Gasteiger partial charge in [-0.3, -0.25) is 4.79 Å². The fourth-order valence-corrected chi connectivity index (χ4v) is 4.43. The fraction of sp³-hybridized carbons (Fsp3) is 0.500. The molecular formula is C24H34BrN5O3. The second-order valence-corrected chi connectivity index (χ2v) is 9.26. The van der Waals surface area contributed by atoms with E-state index >= 15 is 0 Å². The molecule has 0 aliphatic carbocycles. The van der Waals surface area contributed by atoms with E-state index in [4.69, 9.17) is 15.2 Å². The highest BCUT2D eigenvalue weighted by Gasteiger charge is 2.31. The number of aliphatic imine (C=N–C) groups is 1. The Kier molecular flexibility index (Phi) is 9.49. The van der Waals surface area contributed by atoms with Crippen molar-refractivity contribution in [2.45, 2.75) is 44.4 Å². The average Bonchev–Trinajstić information content (AvgIpc) is 2.84. The van der Waals surface area contributed by atoms with Crippen LogP contribution in [0.5, 0.6) is 0 Å². The topological polar surface area (TPSA) is 101 Å². The lowest BCUT2D eigenvalue weighted by Gasteiger charge is -2.38. The van der Waals surface area contributed by atoms with Gasteiger partial charge in [-0.05, 0) is 50.5 Å². The van der Waals surface area contributed by atoms with Gasteiger partial charge in [-0.2, -0.15) is 0 Å². The highest BCUT2D eigenvalue weighted by molar-refractivity contribution is 9.10. The van der Waals surface area contributed by atoms with Crippen molar-refractivity contribution in [2.24, 2.45) is 10.7 Å². The molecule has 9 heteroatoms. The van der Waals surface area contributed by atoms with Gasteiger partial charge in [0.25, 0.3) is 5.91 Å². The predicted octanol–water partition coefficient (Wildman–Crippen LogP) is 3.02. The summed E-state index contributed by atoms with van der Waals surface area (Å²) >= 11 is 3.43. The molecule has 2 saturated heterocycles. The lowest BCUT2D eigenvalue weighted by Crippen LogP contribution is -2.54. The van der Waals surface area contributed by atoms with E-state index in [0.717, 1.165) is 42.4 Å². The molecule has 33 heavy (non-hydrogen) atoms. The molecule has 0 radical (unpaired) electrons. The Labute approximate surface area is 204 Å². The smallest absolute Gasteiger partial charge is 0.272 e. The van der Waals surface area contributed by atoms with Crippen LogP contribution in [-0.4, -0.2) is 68.7 Å². The zero-order chi connectivity index (χ0) is 23.8. The van der Waals surface area contributed by atoms with Crippen molar-refractivity contribution >= 4 is 33.9 Å². The Balaban J connectivity index is 1.61. The molecule has 2 aliphatic rings. The molecule has 3 rings (SSSR count). The number of likely N-dealkylation sites (tertiary alicyclic amines) is 1. The van der Waals surface area contributed by atoms with Gasteiger partial charge in [0.05, 0.1) is 19.0 Å². The summed E-state index contributed by atoms with van der Waals surface area (Å²) < 4.78 is 12.1. The van der Waals surface area contributed by atoms with Crippen molar-refractivity contribution in [2.75, 3.05) is 38.7 Å². The van der Waals surface area contributed by atoms with Gasteiger partial charge in [0.1, 0.15) is 5.70 Å². The number of rotatable bonds is 8. The lowest BCUT2D eigenvalue weighted by molar-refractivity contribution is -0.128. The zero-order valence-electron chi connectivity index (χ0n) is 19.4. The first-order valence-corrected chi connectivity index (χ1v) is 12.0. The summed E-state index contributed by atoms with van der Waals surface area (Å²) in [5, 5.41) is 6.95. The van der Waals surface area contributed by atoms with Gasteiger partial charge >= 0.3 is 0 Å². The number of piperidine rings is 1. The van der Waals surface area contributed by atoms with Crippen LogP contribution in [0.15, 0.2) is 57.3 Å². The SMILES string of the molecule is C=C(Nc1ccc(Br)cc1)/C(C)=C(\N=C/N)C(=O)N1CCC(NC2CCOCC2OC)CC1. The normalized spacial score (nSPS) is 22.8. The van der Waals surface area contributed by atoms with Gasteiger partial charge in [-0.15, -0.1) is 0 Å². The number of nitrogens with zero attached hydrogens (tertiary/aromatic N) is 2. The largest absolute Gasteiger partial charge is 0.390 e. The maximum Gasteiger partial charge on any atom is 0.272 e. The number of amides is 1. The molecule has 2 heterocycles. The second-order valence-electron chi connectivity index (χ2n) is 8.34. The van der Waals surface area contributed by atoms with Crippen molar-refractivity contribution in [3.8, 4) is 0 Å². The molecule has 0 aromatic heterocycles. The first-order chi connectivity index (χ1) is 15.9. The molecule has 2 aliphatic heterocycles. The fourth-order valence-electron chi connectivity index (χ4n) is 4.17. The average molecular weight is 520 g/mol. The molecular weight excluding hydrogens is 486 g/mol. The summed E-state index contributed by atoms with van der Waals surface area (Å²) in [4.78, 5) is 19.3. The van der Waals surface area contributed by atoms with Crippen LogP contribution in [0, 0.1) is 0 Å². The Morgan fingerprint density at radius 2 is 2.00 bits per heavy atom. The maximum atomic E-state index is 13.3. The summed E-state index contributed by atoms with van der Waals surface area (Å²) in [6, 6.07) is 8.36. The van der Waals surface area contributed by atoms with E-state index in [1.54, 1.807) is 7.11 Å². The van der Waals surface area contributed by atoms with E-state index in [1.807, 2.05) is 36.1 Å². The highest BCUT2D eigenvalue weighted by atomic mass is 79.9. The van der Waals surface area contributed by atoms with Gasteiger partial charge in [0.2, 0.25) is 0 Å². The third-order valence-corrected chi connectivity index (χ3v) is 6.72. The molecule has 2 atom stereocenters. The second kappa shape index (κ2) is 12.3. The number of ether oxygens (including phenoxy) is 2. The number of nitrogens with two attached hydrogens (primary N) is 1. The molecule has 0 bridgehead atoms. The number of carbonyl (C=O) groups is 1. The zero-order valence-corrected chi connectivity index (χ0v) is 20.9.